The molecule has 1 unspecified atom stereocenters. The lowest BCUT2D eigenvalue weighted by Gasteiger charge is -2.23. The molecule has 1 aliphatic heterocycles. The van der Waals surface area contributed by atoms with E-state index in [2.05, 4.69) is 51.1 Å². The van der Waals surface area contributed by atoms with Crippen molar-refractivity contribution in [2.24, 2.45) is 7.05 Å². The number of rotatable bonds is 3. The normalized spacial score (nSPS) is 18.4. The van der Waals surface area contributed by atoms with Crippen LogP contribution in [0.15, 0.2) is 22.9 Å². The van der Waals surface area contributed by atoms with Gasteiger partial charge in [0, 0.05) is 25.5 Å². The molecule has 0 bridgehead atoms. The third-order valence-corrected chi connectivity index (χ3v) is 4.91. The monoisotopic (exact) mass is 389 g/mol. The summed E-state index contributed by atoms with van der Waals surface area (Å²) in [6, 6.07) is 6.50. The van der Waals surface area contributed by atoms with Gasteiger partial charge >= 0.3 is 0 Å². The molecule has 3 aromatic rings. The molecule has 4 rings (SSSR count). The highest BCUT2D eigenvalue weighted by Crippen LogP contribution is 2.28. The molecule has 1 fully saturated rings. The molecule has 3 heterocycles. The Kier molecular flexibility index (Phi) is 4.14. The fourth-order valence-corrected chi connectivity index (χ4v) is 3.75. The molecule has 24 heavy (non-hydrogen) atoms. The van der Waals surface area contributed by atoms with Crippen molar-refractivity contribution < 1.29 is 4.74 Å². The largest absolute Gasteiger partial charge is 0.356 e. The zero-order chi connectivity index (χ0) is 16.7. The zero-order valence-electron chi connectivity index (χ0n) is 13.9. The van der Waals surface area contributed by atoms with Crippen molar-refractivity contribution in [3.8, 4) is 0 Å². The van der Waals surface area contributed by atoms with E-state index in [0.717, 1.165) is 42.9 Å². The molecule has 7 heteroatoms. The van der Waals surface area contributed by atoms with E-state index in [9.17, 15) is 0 Å². The quantitative estimate of drug-likeness (QED) is 0.687. The second-order valence-electron chi connectivity index (χ2n) is 6.30. The van der Waals surface area contributed by atoms with Gasteiger partial charge in [-0.1, -0.05) is 6.07 Å². The Morgan fingerprint density at radius 2 is 2.17 bits per heavy atom. The minimum atomic E-state index is 0.0653. The van der Waals surface area contributed by atoms with Gasteiger partial charge < -0.3 is 4.74 Å². The molecule has 1 saturated heterocycles. The van der Waals surface area contributed by atoms with E-state index >= 15 is 0 Å². The van der Waals surface area contributed by atoms with Crippen molar-refractivity contribution in [2.75, 3.05) is 6.61 Å². The Morgan fingerprint density at radius 3 is 2.88 bits per heavy atom. The van der Waals surface area contributed by atoms with Gasteiger partial charge in [-0.25, -0.2) is 9.67 Å². The Bertz CT molecular complexity index is 879. The van der Waals surface area contributed by atoms with Crippen LogP contribution in [0.3, 0.4) is 0 Å². The first-order valence-electron chi connectivity index (χ1n) is 8.26. The predicted molar refractivity (Wildman–Crippen MR) is 94.8 cm³/mol. The molecule has 0 spiro atoms. The first-order chi connectivity index (χ1) is 11.6. The number of halogens is 1. The topological polar surface area (TPSA) is 57.8 Å². The van der Waals surface area contributed by atoms with E-state index < -0.39 is 0 Å². The van der Waals surface area contributed by atoms with Crippen molar-refractivity contribution >= 4 is 26.8 Å². The summed E-state index contributed by atoms with van der Waals surface area (Å²) >= 11 is 3.32. The molecule has 1 aromatic carbocycles. The van der Waals surface area contributed by atoms with Crippen LogP contribution in [-0.2, 0) is 18.2 Å². The maximum absolute atomic E-state index is 5.90. The highest BCUT2D eigenvalue weighted by atomic mass is 79.9. The third kappa shape index (κ3) is 2.86. The Labute approximate surface area is 148 Å². The molecule has 0 aliphatic carbocycles. The van der Waals surface area contributed by atoms with Crippen molar-refractivity contribution in [2.45, 2.75) is 38.8 Å². The number of aryl methyl sites for hydroxylation is 2. The van der Waals surface area contributed by atoms with Gasteiger partial charge in [-0.05, 0) is 59.8 Å². The van der Waals surface area contributed by atoms with Crippen LogP contribution in [0.25, 0.3) is 10.9 Å². The first-order valence-corrected chi connectivity index (χ1v) is 9.06. The standard InChI is InChI=1S/C17H20BrN5O/c1-11-13-9-12(10-15-19-17(18)21-22(15)2)6-7-14(13)23(20-11)16-5-3-4-8-24-16/h6-7,9,16H,3-5,8,10H2,1-2H3. The van der Waals surface area contributed by atoms with E-state index in [1.165, 1.54) is 17.4 Å². The van der Waals surface area contributed by atoms with Gasteiger partial charge in [-0.15, -0.1) is 5.10 Å². The Balaban J connectivity index is 1.68. The summed E-state index contributed by atoms with van der Waals surface area (Å²) < 4.78 is 10.4. The summed E-state index contributed by atoms with van der Waals surface area (Å²) in [6.07, 6.45) is 4.19. The molecule has 0 radical (unpaired) electrons. The van der Waals surface area contributed by atoms with Gasteiger partial charge in [0.1, 0.15) is 5.82 Å². The zero-order valence-corrected chi connectivity index (χ0v) is 15.5. The van der Waals surface area contributed by atoms with Crippen LogP contribution < -0.4 is 0 Å². The molecule has 6 nitrogen and oxygen atoms in total. The summed E-state index contributed by atoms with van der Waals surface area (Å²) in [4.78, 5) is 4.41. The van der Waals surface area contributed by atoms with Crippen LogP contribution in [-0.4, -0.2) is 31.2 Å². The third-order valence-electron chi connectivity index (χ3n) is 4.57. The van der Waals surface area contributed by atoms with E-state index in [1.807, 2.05) is 11.7 Å². The maximum Gasteiger partial charge on any atom is 0.217 e. The summed E-state index contributed by atoms with van der Waals surface area (Å²) in [6.45, 7) is 2.88. The van der Waals surface area contributed by atoms with Gasteiger partial charge in [-0.3, -0.25) is 4.68 Å². The maximum atomic E-state index is 5.90. The number of hydrogen-bond donors (Lipinski definition) is 0. The lowest BCUT2D eigenvalue weighted by molar-refractivity contribution is -0.0368. The van der Waals surface area contributed by atoms with Crippen LogP contribution in [0.2, 0.25) is 0 Å². The average Bonchev–Trinajstić information content (AvgIpc) is 3.08. The average molecular weight is 390 g/mol. The van der Waals surface area contributed by atoms with Gasteiger partial charge in [0.25, 0.3) is 0 Å². The van der Waals surface area contributed by atoms with E-state index in [-0.39, 0.29) is 6.23 Å². The van der Waals surface area contributed by atoms with E-state index in [0.29, 0.717) is 4.73 Å². The molecule has 0 saturated carbocycles. The summed E-state index contributed by atoms with van der Waals surface area (Å²) in [5.41, 5.74) is 3.39. The first kappa shape index (κ1) is 15.8. The van der Waals surface area contributed by atoms with Gasteiger partial charge in [0.05, 0.1) is 11.2 Å². The number of nitrogens with zero attached hydrogens (tertiary/aromatic N) is 5. The summed E-state index contributed by atoms with van der Waals surface area (Å²) in [5.74, 6) is 0.932. The lowest BCUT2D eigenvalue weighted by Crippen LogP contribution is -2.19. The van der Waals surface area contributed by atoms with Crippen LogP contribution in [0.5, 0.6) is 0 Å². The van der Waals surface area contributed by atoms with Gasteiger partial charge in [0.15, 0.2) is 6.23 Å². The van der Waals surface area contributed by atoms with Crippen molar-refractivity contribution in [3.63, 3.8) is 0 Å². The fraction of sp³-hybridized carbons (Fsp3) is 0.471. The number of aromatic nitrogens is 5. The second kappa shape index (κ2) is 6.29. The van der Waals surface area contributed by atoms with E-state index in [1.54, 1.807) is 4.68 Å². The molecule has 1 aliphatic rings. The highest BCUT2D eigenvalue weighted by Gasteiger charge is 2.20. The number of ether oxygens (including phenoxy) is 1. The highest BCUT2D eigenvalue weighted by molar-refractivity contribution is 9.10. The Hall–Kier alpha value is -1.73. The van der Waals surface area contributed by atoms with Gasteiger partial charge in [-0.2, -0.15) is 5.10 Å². The molecule has 1 atom stereocenters. The minimum absolute atomic E-state index is 0.0653. The van der Waals surface area contributed by atoms with Crippen molar-refractivity contribution in [1.29, 1.82) is 0 Å². The number of fused-ring (bicyclic) bond motifs is 1. The predicted octanol–water partition coefficient (Wildman–Crippen LogP) is 3.53. The summed E-state index contributed by atoms with van der Waals surface area (Å²) in [7, 11) is 1.91. The number of benzene rings is 1. The molecule has 0 amide bonds. The smallest absolute Gasteiger partial charge is 0.217 e. The van der Waals surface area contributed by atoms with Crippen molar-refractivity contribution in [3.05, 3.63) is 40.0 Å². The van der Waals surface area contributed by atoms with Crippen LogP contribution in [0.4, 0.5) is 0 Å². The SMILES string of the molecule is Cc1nn(C2CCCCO2)c2ccc(Cc3nc(Br)nn3C)cc12. The minimum Gasteiger partial charge on any atom is -0.356 e. The van der Waals surface area contributed by atoms with Crippen molar-refractivity contribution in [1.82, 2.24) is 24.5 Å². The number of hydrogen-bond acceptors (Lipinski definition) is 4. The van der Waals surface area contributed by atoms with Crippen LogP contribution in [0.1, 0.15) is 42.6 Å². The van der Waals surface area contributed by atoms with Crippen LogP contribution in [0, 0.1) is 6.92 Å². The molecular weight excluding hydrogens is 370 g/mol. The fourth-order valence-electron chi connectivity index (χ4n) is 3.31. The molecule has 126 valence electrons. The molecular formula is C17H20BrN5O. The Morgan fingerprint density at radius 1 is 1.29 bits per heavy atom. The van der Waals surface area contributed by atoms with Gasteiger partial charge in [0.2, 0.25) is 4.73 Å². The van der Waals surface area contributed by atoms with Crippen LogP contribution >= 0.6 is 15.9 Å². The molecule has 2 aromatic heterocycles. The van der Waals surface area contributed by atoms with E-state index in [4.69, 9.17) is 9.84 Å². The second-order valence-corrected chi connectivity index (χ2v) is 7.01. The summed E-state index contributed by atoms with van der Waals surface area (Å²) in [5, 5.41) is 10.2. The molecule has 0 N–H and O–H groups in total. The lowest BCUT2D eigenvalue weighted by atomic mass is 10.1.